The summed E-state index contributed by atoms with van der Waals surface area (Å²) < 4.78 is 10.2. The van der Waals surface area contributed by atoms with Crippen molar-refractivity contribution in [3.8, 4) is 0 Å². The Hall–Kier alpha value is -0.940. The Bertz CT molecular complexity index is 308. The first kappa shape index (κ1) is 11.5. The van der Waals surface area contributed by atoms with Crippen LogP contribution in [-0.4, -0.2) is 36.9 Å². The Kier molecular flexibility index (Phi) is 4.30. The van der Waals surface area contributed by atoms with E-state index in [-0.39, 0.29) is 0 Å². The molecule has 90 valence electrons. The van der Waals surface area contributed by atoms with Crippen molar-refractivity contribution in [3.63, 3.8) is 0 Å². The molecule has 0 amide bonds. The van der Waals surface area contributed by atoms with Crippen LogP contribution in [0.5, 0.6) is 0 Å². The van der Waals surface area contributed by atoms with Gasteiger partial charge in [-0.15, -0.1) is 0 Å². The van der Waals surface area contributed by atoms with E-state index < -0.39 is 0 Å². The Morgan fingerprint density at radius 2 is 2.44 bits per heavy atom. The van der Waals surface area contributed by atoms with E-state index in [1.807, 2.05) is 0 Å². The summed E-state index contributed by atoms with van der Waals surface area (Å²) in [5, 5.41) is 7.28. The molecule has 0 bridgehead atoms. The van der Waals surface area contributed by atoms with Crippen LogP contribution >= 0.6 is 0 Å². The van der Waals surface area contributed by atoms with Crippen LogP contribution in [0.3, 0.4) is 0 Å². The topological polar surface area (TPSA) is 60.2 Å². The van der Waals surface area contributed by atoms with E-state index in [4.69, 9.17) is 9.26 Å². The largest absolute Gasteiger partial charge is 0.384 e. The SMILES string of the molecule is COCCc1noc(CCC2CCNC2)n1. The van der Waals surface area contributed by atoms with E-state index in [9.17, 15) is 0 Å². The minimum atomic E-state index is 0.644. The number of hydrogen-bond donors (Lipinski definition) is 1. The van der Waals surface area contributed by atoms with E-state index >= 15 is 0 Å². The van der Waals surface area contributed by atoms with Gasteiger partial charge in [0, 0.05) is 20.0 Å². The second-order valence-electron chi connectivity index (χ2n) is 4.24. The maximum absolute atomic E-state index is 5.18. The molecule has 2 heterocycles. The van der Waals surface area contributed by atoms with Crippen molar-refractivity contribution in [1.29, 1.82) is 0 Å². The van der Waals surface area contributed by atoms with Crippen molar-refractivity contribution in [3.05, 3.63) is 11.7 Å². The monoisotopic (exact) mass is 225 g/mol. The summed E-state index contributed by atoms with van der Waals surface area (Å²) in [7, 11) is 1.67. The molecule has 1 aliphatic heterocycles. The molecule has 0 aliphatic carbocycles. The highest BCUT2D eigenvalue weighted by atomic mass is 16.5. The average Bonchev–Trinajstić information content (AvgIpc) is 2.95. The number of rotatable bonds is 6. The van der Waals surface area contributed by atoms with Crippen molar-refractivity contribution in [2.24, 2.45) is 5.92 Å². The van der Waals surface area contributed by atoms with Crippen molar-refractivity contribution >= 4 is 0 Å². The first-order valence-corrected chi connectivity index (χ1v) is 5.89. The normalized spacial score (nSPS) is 20.4. The van der Waals surface area contributed by atoms with Crippen LogP contribution in [0.25, 0.3) is 0 Å². The molecule has 1 aliphatic rings. The summed E-state index contributed by atoms with van der Waals surface area (Å²) in [6.45, 7) is 2.92. The quantitative estimate of drug-likeness (QED) is 0.776. The molecule has 1 aromatic heterocycles. The highest BCUT2D eigenvalue weighted by Crippen LogP contribution is 2.15. The number of methoxy groups -OCH3 is 1. The first-order chi connectivity index (χ1) is 7.88. The lowest BCUT2D eigenvalue weighted by molar-refractivity contribution is 0.199. The Morgan fingerprint density at radius 1 is 1.50 bits per heavy atom. The summed E-state index contributed by atoms with van der Waals surface area (Å²) in [6, 6.07) is 0. The summed E-state index contributed by atoms with van der Waals surface area (Å²) >= 11 is 0. The van der Waals surface area contributed by atoms with Crippen LogP contribution < -0.4 is 5.32 Å². The molecule has 1 atom stereocenters. The van der Waals surface area contributed by atoms with Gasteiger partial charge in [0.2, 0.25) is 5.89 Å². The molecular formula is C11H19N3O2. The Balaban J connectivity index is 1.73. The third-order valence-electron chi connectivity index (χ3n) is 2.97. The summed E-state index contributed by atoms with van der Waals surface area (Å²) in [6.07, 6.45) is 4.03. The molecule has 1 N–H and O–H groups in total. The second-order valence-corrected chi connectivity index (χ2v) is 4.24. The summed E-state index contributed by atoms with van der Waals surface area (Å²) in [4.78, 5) is 4.33. The first-order valence-electron chi connectivity index (χ1n) is 5.89. The average molecular weight is 225 g/mol. The number of aryl methyl sites for hydroxylation is 1. The number of nitrogens with zero attached hydrogens (tertiary/aromatic N) is 2. The smallest absolute Gasteiger partial charge is 0.226 e. The molecule has 1 saturated heterocycles. The molecular weight excluding hydrogens is 206 g/mol. The van der Waals surface area contributed by atoms with E-state index in [0.717, 1.165) is 50.0 Å². The Labute approximate surface area is 95.6 Å². The van der Waals surface area contributed by atoms with Crippen LogP contribution in [0, 0.1) is 5.92 Å². The van der Waals surface area contributed by atoms with Gasteiger partial charge in [-0.2, -0.15) is 4.98 Å². The summed E-state index contributed by atoms with van der Waals surface area (Å²) in [5.74, 6) is 2.29. The zero-order valence-corrected chi connectivity index (χ0v) is 9.74. The zero-order chi connectivity index (χ0) is 11.2. The van der Waals surface area contributed by atoms with Gasteiger partial charge in [0.25, 0.3) is 0 Å². The highest BCUT2D eigenvalue weighted by Gasteiger charge is 2.15. The van der Waals surface area contributed by atoms with E-state index in [1.54, 1.807) is 7.11 Å². The van der Waals surface area contributed by atoms with E-state index in [0.29, 0.717) is 6.61 Å². The molecule has 0 saturated carbocycles. The fourth-order valence-electron chi connectivity index (χ4n) is 1.98. The number of hydrogen-bond acceptors (Lipinski definition) is 5. The van der Waals surface area contributed by atoms with Crippen molar-refractivity contribution in [1.82, 2.24) is 15.5 Å². The zero-order valence-electron chi connectivity index (χ0n) is 9.74. The number of ether oxygens (including phenoxy) is 1. The third kappa shape index (κ3) is 3.28. The van der Waals surface area contributed by atoms with Gasteiger partial charge in [0.05, 0.1) is 6.61 Å². The molecule has 1 unspecified atom stereocenters. The molecule has 0 aromatic carbocycles. The second kappa shape index (κ2) is 5.96. The fourth-order valence-corrected chi connectivity index (χ4v) is 1.98. The Morgan fingerprint density at radius 3 is 3.19 bits per heavy atom. The van der Waals surface area contributed by atoms with E-state index in [1.165, 1.54) is 6.42 Å². The third-order valence-corrected chi connectivity index (χ3v) is 2.97. The van der Waals surface area contributed by atoms with Crippen LogP contribution in [0.1, 0.15) is 24.6 Å². The van der Waals surface area contributed by atoms with Gasteiger partial charge in [-0.05, 0) is 31.8 Å². The fraction of sp³-hybridized carbons (Fsp3) is 0.818. The van der Waals surface area contributed by atoms with Crippen molar-refractivity contribution < 1.29 is 9.26 Å². The standard InChI is InChI=1S/C11H19N3O2/c1-15-7-5-10-13-11(16-14-10)3-2-9-4-6-12-8-9/h9,12H,2-8H2,1H3. The molecule has 5 heteroatoms. The lowest BCUT2D eigenvalue weighted by Crippen LogP contribution is -2.09. The predicted octanol–water partition coefficient (Wildman–Crippen LogP) is 0.801. The van der Waals surface area contributed by atoms with Gasteiger partial charge in [0.1, 0.15) is 0 Å². The summed E-state index contributed by atoms with van der Waals surface area (Å²) in [5.41, 5.74) is 0. The minimum absolute atomic E-state index is 0.644. The van der Waals surface area contributed by atoms with Gasteiger partial charge in [0.15, 0.2) is 5.82 Å². The maximum Gasteiger partial charge on any atom is 0.226 e. The van der Waals surface area contributed by atoms with Gasteiger partial charge < -0.3 is 14.6 Å². The van der Waals surface area contributed by atoms with Gasteiger partial charge in [-0.1, -0.05) is 5.16 Å². The van der Waals surface area contributed by atoms with Crippen LogP contribution in [0.2, 0.25) is 0 Å². The number of nitrogens with one attached hydrogen (secondary N) is 1. The van der Waals surface area contributed by atoms with Crippen LogP contribution in [0.15, 0.2) is 4.52 Å². The van der Waals surface area contributed by atoms with Crippen LogP contribution in [-0.2, 0) is 17.6 Å². The lowest BCUT2D eigenvalue weighted by Gasteiger charge is -2.03. The molecule has 1 aromatic rings. The minimum Gasteiger partial charge on any atom is -0.384 e. The maximum atomic E-state index is 5.18. The van der Waals surface area contributed by atoms with E-state index in [2.05, 4.69) is 15.5 Å². The van der Waals surface area contributed by atoms with Crippen molar-refractivity contribution in [2.75, 3.05) is 26.8 Å². The molecule has 16 heavy (non-hydrogen) atoms. The molecule has 0 spiro atoms. The van der Waals surface area contributed by atoms with Gasteiger partial charge in [-0.25, -0.2) is 0 Å². The van der Waals surface area contributed by atoms with Crippen LogP contribution in [0.4, 0.5) is 0 Å². The predicted molar refractivity (Wildman–Crippen MR) is 59.2 cm³/mol. The highest BCUT2D eigenvalue weighted by molar-refractivity contribution is 4.87. The van der Waals surface area contributed by atoms with Crippen molar-refractivity contribution in [2.45, 2.75) is 25.7 Å². The number of aromatic nitrogens is 2. The molecule has 1 fully saturated rings. The van der Waals surface area contributed by atoms with Gasteiger partial charge >= 0.3 is 0 Å². The lowest BCUT2D eigenvalue weighted by atomic mass is 10.0. The molecule has 0 radical (unpaired) electrons. The molecule has 2 rings (SSSR count). The van der Waals surface area contributed by atoms with Gasteiger partial charge in [-0.3, -0.25) is 0 Å². The molecule has 5 nitrogen and oxygen atoms in total.